The van der Waals surface area contributed by atoms with Gasteiger partial charge in [0.25, 0.3) is 0 Å². The zero-order chi connectivity index (χ0) is 14.8. The molecule has 0 bridgehead atoms. The topological polar surface area (TPSA) is 49.8 Å². The molecule has 6 heteroatoms. The van der Waals surface area contributed by atoms with Gasteiger partial charge in [-0.15, -0.1) is 0 Å². The Morgan fingerprint density at radius 1 is 1.24 bits per heavy atom. The Balaban J connectivity index is 1.89. The molecule has 3 rings (SSSR count). The van der Waals surface area contributed by atoms with Crippen molar-refractivity contribution in [3.05, 3.63) is 39.6 Å². The Hall–Kier alpha value is -1.33. The van der Waals surface area contributed by atoms with Gasteiger partial charge in [-0.3, -0.25) is 0 Å². The minimum absolute atomic E-state index is 0.504. The van der Waals surface area contributed by atoms with E-state index in [-0.39, 0.29) is 0 Å². The van der Waals surface area contributed by atoms with Gasteiger partial charge >= 0.3 is 0 Å². The maximum Gasteiger partial charge on any atom is 0.136 e. The first-order valence-corrected chi connectivity index (χ1v) is 8.17. The molecule has 4 nitrogen and oxygen atoms in total. The largest absolute Gasteiger partial charge is 0.370 e. The van der Waals surface area contributed by atoms with Gasteiger partial charge < -0.3 is 10.6 Å². The van der Waals surface area contributed by atoms with Crippen LogP contribution in [0.1, 0.15) is 31.5 Å². The van der Waals surface area contributed by atoms with Crippen molar-refractivity contribution in [3.63, 3.8) is 0 Å². The molecular weight excluding hydrogens is 352 g/mol. The van der Waals surface area contributed by atoms with Crippen molar-refractivity contribution < 1.29 is 0 Å². The Kier molecular flexibility index (Phi) is 4.31. The summed E-state index contributed by atoms with van der Waals surface area (Å²) in [6, 6.07) is 7.65. The predicted octanol–water partition coefficient (Wildman–Crippen LogP) is 4.95. The number of halogens is 2. The summed E-state index contributed by atoms with van der Waals surface area (Å²) in [5.41, 5.74) is 0.836. The summed E-state index contributed by atoms with van der Waals surface area (Å²) in [6.45, 7) is 2.89. The lowest BCUT2D eigenvalue weighted by molar-refractivity contribution is 0.927. The van der Waals surface area contributed by atoms with E-state index in [4.69, 9.17) is 11.6 Å². The van der Waals surface area contributed by atoms with Crippen LogP contribution in [-0.2, 0) is 0 Å². The van der Waals surface area contributed by atoms with E-state index in [1.807, 2.05) is 24.3 Å². The highest BCUT2D eigenvalue weighted by Gasteiger charge is 2.27. The third kappa shape index (κ3) is 3.66. The summed E-state index contributed by atoms with van der Waals surface area (Å²) in [7, 11) is 0. The Morgan fingerprint density at radius 3 is 2.67 bits per heavy atom. The van der Waals surface area contributed by atoms with Gasteiger partial charge in [0, 0.05) is 23.0 Å². The van der Waals surface area contributed by atoms with Gasteiger partial charge in [-0.25, -0.2) is 9.97 Å². The second-order valence-electron chi connectivity index (χ2n) is 5.05. The number of hydrogen-bond donors (Lipinski definition) is 2. The maximum atomic E-state index is 6.24. The summed E-state index contributed by atoms with van der Waals surface area (Å²) >= 11 is 9.65. The van der Waals surface area contributed by atoms with Crippen molar-refractivity contribution in [1.29, 1.82) is 0 Å². The fourth-order valence-corrected chi connectivity index (χ4v) is 2.78. The van der Waals surface area contributed by atoms with Crippen LogP contribution >= 0.6 is 27.5 Å². The lowest BCUT2D eigenvalue weighted by Crippen LogP contribution is -2.05. The van der Waals surface area contributed by atoms with Gasteiger partial charge in [0.2, 0.25) is 0 Å². The molecule has 0 radical (unpaired) electrons. The zero-order valence-electron chi connectivity index (χ0n) is 11.7. The van der Waals surface area contributed by atoms with Crippen LogP contribution < -0.4 is 10.6 Å². The van der Waals surface area contributed by atoms with Crippen molar-refractivity contribution in [2.24, 2.45) is 0 Å². The monoisotopic (exact) mass is 366 g/mol. The van der Waals surface area contributed by atoms with Crippen LogP contribution in [-0.4, -0.2) is 16.5 Å². The Bertz CT molecular complexity index is 658. The number of rotatable bonds is 5. The third-order valence-corrected chi connectivity index (χ3v) is 4.04. The molecule has 0 spiro atoms. The van der Waals surface area contributed by atoms with Gasteiger partial charge in [0.05, 0.1) is 10.7 Å². The van der Waals surface area contributed by atoms with E-state index in [0.29, 0.717) is 10.9 Å². The molecule has 0 saturated heterocycles. The number of benzene rings is 1. The van der Waals surface area contributed by atoms with E-state index in [9.17, 15) is 0 Å². The highest BCUT2D eigenvalue weighted by atomic mass is 79.9. The molecule has 1 aromatic heterocycles. The van der Waals surface area contributed by atoms with Crippen molar-refractivity contribution in [2.45, 2.75) is 25.7 Å². The average molecular weight is 368 g/mol. The van der Waals surface area contributed by atoms with Gasteiger partial charge in [-0.05, 0) is 38.0 Å². The SMILES string of the molecule is CCNc1cc(Nc2ccc(Br)cc2Cl)nc(C2CC2)n1. The minimum atomic E-state index is 0.504. The molecule has 2 N–H and O–H groups in total. The minimum Gasteiger partial charge on any atom is -0.370 e. The molecule has 21 heavy (non-hydrogen) atoms. The molecule has 110 valence electrons. The van der Waals surface area contributed by atoms with Crippen LogP contribution in [0.15, 0.2) is 28.7 Å². The summed E-state index contributed by atoms with van der Waals surface area (Å²) in [4.78, 5) is 9.16. The normalized spacial score (nSPS) is 14.0. The van der Waals surface area contributed by atoms with Crippen LogP contribution in [0, 0.1) is 0 Å². The molecule has 1 heterocycles. The second kappa shape index (κ2) is 6.20. The number of anilines is 3. The highest BCUT2D eigenvalue weighted by Crippen LogP contribution is 2.39. The molecule has 0 amide bonds. The van der Waals surface area contributed by atoms with Crippen molar-refractivity contribution >= 4 is 44.9 Å². The highest BCUT2D eigenvalue weighted by molar-refractivity contribution is 9.10. The lowest BCUT2D eigenvalue weighted by Gasteiger charge is -2.11. The van der Waals surface area contributed by atoms with E-state index in [1.165, 1.54) is 12.8 Å². The van der Waals surface area contributed by atoms with Crippen LogP contribution in [0.5, 0.6) is 0 Å². The standard InChI is InChI=1S/C15H16BrClN4/c1-2-18-13-8-14(21-15(20-13)9-3-4-9)19-12-6-5-10(16)7-11(12)17/h5-9H,2-4H2,1H3,(H2,18,19,20,21). The Labute approximate surface area is 137 Å². The molecule has 2 aromatic rings. The van der Waals surface area contributed by atoms with E-state index < -0.39 is 0 Å². The first kappa shape index (κ1) is 14.6. The van der Waals surface area contributed by atoms with Gasteiger partial charge in [0.1, 0.15) is 17.5 Å². The number of nitrogens with one attached hydrogen (secondary N) is 2. The summed E-state index contributed by atoms with van der Waals surface area (Å²) in [5, 5.41) is 7.18. The molecular formula is C15H16BrClN4. The van der Waals surface area contributed by atoms with Crippen molar-refractivity contribution in [2.75, 3.05) is 17.2 Å². The molecule has 0 atom stereocenters. The van der Waals surface area contributed by atoms with E-state index in [2.05, 4.69) is 43.5 Å². The maximum absolute atomic E-state index is 6.24. The summed E-state index contributed by atoms with van der Waals surface area (Å²) < 4.78 is 0.952. The number of hydrogen-bond acceptors (Lipinski definition) is 4. The number of nitrogens with zero attached hydrogens (tertiary/aromatic N) is 2. The first-order chi connectivity index (χ1) is 10.2. The van der Waals surface area contributed by atoms with Crippen molar-refractivity contribution in [3.8, 4) is 0 Å². The van der Waals surface area contributed by atoms with Crippen LogP contribution in [0.25, 0.3) is 0 Å². The lowest BCUT2D eigenvalue weighted by atomic mass is 10.3. The molecule has 1 fully saturated rings. The van der Waals surface area contributed by atoms with E-state index >= 15 is 0 Å². The van der Waals surface area contributed by atoms with Gasteiger partial charge in [-0.2, -0.15) is 0 Å². The fraction of sp³-hybridized carbons (Fsp3) is 0.333. The summed E-state index contributed by atoms with van der Waals surface area (Å²) in [6.07, 6.45) is 2.35. The molecule has 1 aliphatic rings. The van der Waals surface area contributed by atoms with Crippen molar-refractivity contribution in [1.82, 2.24) is 9.97 Å². The van der Waals surface area contributed by atoms with Crippen LogP contribution in [0.4, 0.5) is 17.3 Å². The smallest absolute Gasteiger partial charge is 0.136 e. The van der Waals surface area contributed by atoms with E-state index in [1.54, 1.807) is 0 Å². The van der Waals surface area contributed by atoms with Gasteiger partial charge in [-0.1, -0.05) is 27.5 Å². The molecule has 0 unspecified atom stereocenters. The van der Waals surface area contributed by atoms with Crippen LogP contribution in [0.3, 0.4) is 0 Å². The molecule has 1 aliphatic carbocycles. The van der Waals surface area contributed by atoms with E-state index in [0.717, 1.165) is 34.2 Å². The zero-order valence-corrected chi connectivity index (χ0v) is 14.0. The quantitative estimate of drug-likeness (QED) is 0.785. The number of aromatic nitrogens is 2. The average Bonchev–Trinajstić information content (AvgIpc) is 3.27. The molecule has 1 aromatic carbocycles. The predicted molar refractivity (Wildman–Crippen MR) is 90.6 cm³/mol. The Morgan fingerprint density at radius 2 is 2.00 bits per heavy atom. The molecule has 1 saturated carbocycles. The fourth-order valence-electron chi connectivity index (χ4n) is 2.05. The second-order valence-corrected chi connectivity index (χ2v) is 6.37. The molecule has 0 aliphatic heterocycles. The first-order valence-electron chi connectivity index (χ1n) is 7.00. The van der Waals surface area contributed by atoms with Crippen LogP contribution in [0.2, 0.25) is 5.02 Å². The van der Waals surface area contributed by atoms with Gasteiger partial charge in [0.15, 0.2) is 0 Å². The third-order valence-electron chi connectivity index (χ3n) is 3.24. The summed E-state index contributed by atoms with van der Waals surface area (Å²) in [5.74, 6) is 3.03.